The van der Waals surface area contributed by atoms with Gasteiger partial charge in [0.1, 0.15) is 5.82 Å². The summed E-state index contributed by atoms with van der Waals surface area (Å²) in [6, 6.07) is 1.90. The van der Waals surface area contributed by atoms with Crippen LogP contribution in [0.1, 0.15) is 18.9 Å². The van der Waals surface area contributed by atoms with Crippen molar-refractivity contribution in [2.45, 2.75) is 19.8 Å². The van der Waals surface area contributed by atoms with Gasteiger partial charge in [0.05, 0.1) is 18.1 Å². The summed E-state index contributed by atoms with van der Waals surface area (Å²) in [6.07, 6.45) is 5.34. The van der Waals surface area contributed by atoms with E-state index >= 15 is 0 Å². The number of rotatable bonds is 3. The van der Waals surface area contributed by atoms with Gasteiger partial charge in [0.2, 0.25) is 0 Å². The van der Waals surface area contributed by atoms with Crippen LogP contribution < -0.4 is 5.73 Å². The van der Waals surface area contributed by atoms with Crippen molar-refractivity contribution in [2.24, 2.45) is 7.05 Å². The minimum absolute atomic E-state index is 0.730. The van der Waals surface area contributed by atoms with Gasteiger partial charge in [-0.15, -0.1) is 0 Å². The number of anilines is 1. The van der Waals surface area contributed by atoms with Gasteiger partial charge in [-0.2, -0.15) is 15.3 Å². The second-order valence-electron chi connectivity index (χ2n) is 3.72. The number of nitrogen functional groups attached to an aromatic ring is 1. The third-order valence-corrected chi connectivity index (χ3v) is 2.55. The summed E-state index contributed by atoms with van der Waals surface area (Å²) < 4.78 is 1.71. The van der Waals surface area contributed by atoms with E-state index in [1.54, 1.807) is 17.1 Å². The molecule has 0 bridgehead atoms. The molecular weight excluding hydrogens is 202 g/mol. The molecule has 2 rings (SSSR count). The van der Waals surface area contributed by atoms with Crippen LogP contribution in [0.3, 0.4) is 0 Å². The Morgan fingerprint density at radius 3 is 2.81 bits per heavy atom. The molecule has 16 heavy (non-hydrogen) atoms. The second kappa shape index (κ2) is 4.30. The van der Waals surface area contributed by atoms with Crippen LogP contribution in [0.4, 0.5) is 5.82 Å². The summed E-state index contributed by atoms with van der Waals surface area (Å²) in [5.74, 6) is 0.730. The quantitative estimate of drug-likeness (QED) is 0.844. The van der Waals surface area contributed by atoms with Crippen molar-refractivity contribution < 1.29 is 0 Å². The molecule has 2 heterocycles. The van der Waals surface area contributed by atoms with Gasteiger partial charge in [0.25, 0.3) is 0 Å². The smallest absolute Gasteiger partial charge is 0.125 e. The molecular formula is C11H15N5. The number of nitrogens with two attached hydrogens (primary N) is 1. The predicted molar refractivity (Wildman–Crippen MR) is 62.6 cm³/mol. The van der Waals surface area contributed by atoms with E-state index in [2.05, 4.69) is 22.2 Å². The number of nitrogens with zero attached hydrogens (tertiary/aromatic N) is 4. The van der Waals surface area contributed by atoms with E-state index in [0.717, 1.165) is 35.5 Å². The average molecular weight is 217 g/mol. The van der Waals surface area contributed by atoms with Crippen molar-refractivity contribution >= 4 is 5.82 Å². The highest BCUT2D eigenvalue weighted by Gasteiger charge is 2.14. The minimum Gasteiger partial charge on any atom is -0.384 e. The third kappa shape index (κ3) is 1.76. The Morgan fingerprint density at radius 1 is 1.38 bits per heavy atom. The van der Waals surface area contributed by atoms with Crippen LogP contribution in [0.2, 0.25) is 0 Å². The molecule has 0 fully saturated rings. The van der Waals surface area contributed by atoms with Gasteiger partial charge < -0.3 is 5.73 Å². The fourth-order valence-electron chi connectivity index (χ4n) is 1.74. The summed E-state index contributed by atoms with van der Waals surface area (Å²) >= 11 is 0. The van der Waals surface area contributed by atoms with Gasteiger partial charge >= 0.3 is 0 Å². The van der Waals surface area contributed by atoms with Gasteiger partial charge in [-0.3, -0.25) is 4.68 Å². The number of aryl methyl sites for hydroxylation is 1. The van der Waals surface area contributed by atoms with Crippen LogP contribution >= 0.6 is 0 Å². The molecule has 0 unspecified atom stereocenters. The lowest BCUT2D eigenvalue weighted by atomic mass is 10.1. The maximum atomic E-state index is 5.99. The molecule has 0 aliphatic heterocycles. The molecule has 0 aliphatic carbocycles. The maximum Gasteiger partial charge on any atom is 0.125 e. The minimum atomic E-state index is 0.730. The van der Waals surface area contributed by atoms with E-state index in [-0.39, 0.29) is 0 Å². The molecule has 2 N–H and O–H groups in total. The van der Waals surface area contributed by atoms with Crippen molar-refractivity contribution in [3.63, 3.8) is 0 Å². The van der Waals surface area contributed by atoms with E-state index in [1.165, 1.54) is 0 Å². The Kier molecular flexibility index (Phi) is 2.85. The van der Waals surface area contributed by atoms with Crippen molar-refractivity contribution in [3.05, 3.63) is 24.0 Å². The monoisotopic (exact) mass is 217 g/mol. The molecule has 0 spiro atoms. The molecule has 2 aromatic rings. The molecule has 0 atom stereocenters. The van der Waals surface area contributed by atoms with Crippen molar-refractivity contribution in [2.75, 3.05) is 5.73 Å². The fourth-order valence-corrected chi connectivity index (χ4v) is 1.74. The Hall–Kier alpha value is -1.91. The molecule has 5 nitrogen and oxygen atoms in total. The standard InChI is InChI=1S/C11H15N5/c1-3-4-9-10(15-16(2)11(9)12)8-5-6-13-14-7-8/h5-7H,3-4,12H2,1-2H3. The first-order valence-corrected chi connectivity index (χ1v) is 5.32. The largest absolute Gasteiger partial charge is 0.384 e. The summed E-state index contributed by atoms with van der Waals surface area (Å²) in [5, 5.41) is 12.0. The first-order chi connectivity index (χ1) is 7.74. The van der Waals surface area contributed by atoms with Crippen LogP contribution in [0.5, 0.6) is 0 Å². The molecule has 0 saturated heterocycles. The molecule has 0 aliphatic rings. The molecule has 0 aromatic carbocycles. The molecule has 84 valence electrons. The summed E-state index contributed by atoms with van der Waals surface area (Å²) in [7, 11) is 1.85. The lowest BCUT2D eigenvalue weighted by molar-refractivity contribution is 0.781. The van der Waals surface area contributed by atoms with E-state index in [9.17, 15) is 0 Å². The predicted octanol–water partition coefficient (Wildman–Crippen LogP) is 1.41. The first-order valence-electron chi connectivity index (χ1n) is 5.32. The zero-order chi connectivity index (χ0) is 11.5. The van der Waals surface area contributed by atoms with Crippen LogP contribution in [0, 0.1) is 0 Å². The number of hydrogen-bond acceptors (Lipinski definition) is 4. The average Bonchev–Trinajstić information content (AvgIpc) is 2.59. The Bertz CT molecular complexity index is 475. The van der Waals surface area contributed by atoms with E-state index < -0.39 is 0 Å². The van der Waals surface area contributed by atoms with Crippen molar-refractivity contribution in [1.29, 1.82) is 0 Å². The van der Waals surface area contributed by atoms with Crippen LogP contribution in [-0.4, -0.2) is 20.0 Å². The summed E-state index contributed by atoms with van der Waals surface area (Å²) in [5.41, 5.74) is 8.96. The zero-order valence-electron chi connectivity index (χ0n) is 9.51. The van der Waals surface area contributed by atoms with Crippen LogP contribution in [-0.2, 0) is 13.5 Å². The summed E-state index contributed by atoms with van der Waals surface area (Å²) in [4.78, 5) is 0. The fraction of sp³-hybridized carbons (Fsp3) is 0.364. The molecule has 0 amide bonds. The highest BCUT2D eigenvalue weighted by Crippen LogP contribution is 2.26. The molecule has 0 radical (unpaired) electrons. The normalized spacial score (nSPS) is 10.6. The van der Waals surface area contributed by atoms with E-state index in [4.69, 9.17) is 5.73 Å². The Labute approximate surface area is 94.3 Å². The SMILES string of the molecule is CCCc1c(-c2ccnnc2)nn(C)c1N. The first kappa shape index (κ1) is 10.6. The summed E-state index contributed by atoms with van der Waals surface area (Å²) in [6.45, 7) is 2.13. The molecule has 5 heteroatoms. The van der Waals surface area contributed by atoms with Gasteiger partial charge in [0, 0.05) is 18.2 Å². The molecule has 0 saturated carbocycles. The van der Waals surface area contributed by atoms with Crippen molar-refractivity contribution in [3.8, 4) is 11.3 Å². The zero-order valence-corrected chi connectivity index (χ0v) is 9.51. The number of aromatic nitrogens is 4. The topological polar surface area (TPSA) is 69.6 Å². The second-order valence-corrected chi connectivity index (χ2v) is 3.72. The van der Waals surface area contributed by atoms with Gasteiger partial charge in [-0.25, -0.2) is 0 Å². The maximum absolute atomic E-state index is 5.99. The van der Waals surface area contributed by atoms with Gasteiger partial charge in [0.15, 0.2) is 0 Å². The van der Waals surface area contributed by atoms with E-state index in [0.29, 0.717) is 0 Å². The lowest BCUT2D eigenvalue weighted by Crippen LogP contribution is -1.99. The lowest BCUT2D eigenvalue weighted by Gasteiger charge is -2.00. The van der Waals surface area contributed by atoms with Crippen LogP contribution in [0.15, 0.2) is 18.5 Å². The Morgan fingerprint density at radius 2 is 2.19 bits per heavy atom. The van der Waals surface area contributed by atoms with Crippen molar-refractivity contribution in [1.82, 2.24) is 20.0 Å². The molecule has 2 aromatic heterocycles. The van der Waals surface area contributed by atoms with Gasteiger partial charge in [-0.05, 0) is 12.5 Å². The van der Waals surface area contributed by atoms with Gasteiger partial charge in [-0.1, -0.05) is 13.3 Å². The highest BCUT2D eigenvalue weighted by molar-refractivity contribution is 5.67. The number of hydrogen-bond donors (Lipinski definition) is 1. The third-order valence-electron chi connectivity index (χ3n) is 2.55. The van der Waals surface area contributed by atoms with E-state index in [1.807, 2.05) is 13.1 Å². The highest BCUT2D eigenvalue weighted by atomic mass is 15.3. The van der Waals surface area contributed by atoms with Crippen LogP contribution in [0.25, 0.3) is 11.3 Å². The Balaban J connectivity index is 2.52.